The van der Waals surface area contributed by atoms with Crippen LogP contribution in [-0.2, 0) is 38.5 Å². The SMILES string of the molecule is O=C1c2ccccc2CCc2ccccc21.c1ccc2c(c1)CCc1ccccc1C2C1c2ccccc2CCc2ccccc21. The number of hydrogen-bond donors (Lipinski definition) is 0. The lowest BCUT2D eigenvalue weighted by Gasteiger charge is -2.31. The zero-order chi connectivity index (χ0) is 30.9. The molecule has 0 saturated carbocycles. The van der Waals surface area contributed by atoms with Crippen LogP contribution in [0.1, 0.15) is 83.4 Å². The molecule has 9 rings (SSSR count). The summed E-state index contributed by atoms with van der Waals surface area (Å²) in [6, 6.07) is 52.6. The van der Waals surface area contributed by atoms with Gasteiger partial charge in [0.2, 0.25) is 0 Å². The van der Waals surface area contributed by atoms with Crippen LogP contribution in [0.5, 0.6) is 0 Å². The first-order valence-electron chi connectivity index (χ1n) is 16.8. The second kappa shape index (κ2) is 12.4. The van der Waals surface area contributed by atoms with Crippen LogP contribution >= 0.6 is 0 Å². The van der Waals surface area contributed by atoms with Gasteiger partial charge in [-0.1, -0.05) is 146 Å². The topological polar surface area (TPSA) is 17.1 Å². The molecule has 6 aromatic rings. The average Bonchev–Trinajstić information content (AvgIpc) is 3.46. The summed E-state index contributed by atoms with van der Waals surface area (Å²) in [5.41, 5.74) is 16.2. The van der Waals surface area contributed by atoms with Gasteiger partial charge in [0.05, 0.1) is 0 Å². The first kappa shape index (κ1) is 28.5. The van der Waals surface area contributed by atoms with Crippen LogP contribution in [0.25, 0.3) is 0 Å². The van der Waals surface area contributed by atoms with Crippen LogP contribution in [0.15, 0.2) is 146 Å². The van der Waals surface area contributed by atoms with Crippen molar-refractivity contribution in [3.8, 4) is 0 Å². The highest BCUT2D eigenvalue weighted by molar-refractivity contribution is 6.11. The molecule has 0 bridgehead atoms. The number of hydrogen-bond acceptors (Lipinski definition) is 1. The van der Waals surface area contributed by atoms with Crippen LogP contribution in [0, 0.1) is 0 Å². The van der Waals surface area contributed by atoms with E-state index in [0.717, 1.165) is 49.7 Å². The largest absolute Gasteiger partial charge is 0.289 e. The molecular formula is C45H38O. The van der Waals surface area contributed by atoms with Gasteiger partial charge >= 0.3 is 0 Å². The van der Waals surface area contributed by atoms with E-state index in [1.807, 2.05) is 36.4 Å². The van der Waals surface area contributed by atoms with Crippen LogP contribution < -0.4 is 0 Å². The standard InChI is InChI=1S/C30H26.C15H12O/c1-5-13-25-21(9-1)17-18-22-10-2-6-14-26(22)29(25)30-27-15-7-3-11-23(27)19-20-24-12-4-8-16-28(24)30;16-15-13-7-3-1-5-11(13)9-10-12-6-2-4-8-14(12)15/h1-16,29-30H,17-20H2;1-8H,9-10H2. The Hall–Kier alpha value is -5.01. The van der Waals surface area contributed by atoms with Crippen LogP contribution in [-0.4, -0.2) is 5.78 Å². The number of fused-ring (bicyclic) bond motifs is 6. The van der Waals surface area contributed by atoms with E-state index in [-0.39, 0.29) is 5.78 Å². The minimum atomic E-state index is 0.170. The molecule has 0 saturated heterocycles. The van der Waals surface area contributed by atoms with E-state index < -0.39 is 0 Å². The second-order valence-electron chi connectivity index (χ2n) is 12.9. The lowest BCUT2D eigenvalue weighted by Crippen LogP contribution is -2.17. The summed E-state index contributed by atoms with van der Waals surface area (Å²) in [6.45, 7) is 0. The zero-order valence-corrected chi connectivity index (χ0v) is 26.2. The van der Waals surface area contributed by atoms with Gasteiger partial charge in [0.1, 0.15) is 0 Å². The van der Waals surface area contributed by atoms with Crippen molar-refractivity contribution >= 4 is 5.78 Å². The highest BCUT2D eigenvalue weighted by Crippen LogP contribution is 2.49. The molecule has 0 aliphatic heterocycles. The molecule has 1 heteroatoms. The quantitative estimate of drug-likeness (QED) is 0.185. The first-order chi connectivity index (χ1) is 22.8. The third-order valence-electron chi connectivity index (χ3n) is 10.4. The fraction of sp³-hybridized carbons (Fsp3) is 0.178. The van der Waals surface area contributed by atoms with Gasteiger partial charge in [0.25, 0.3) is 0 Å². The summed E-state index contributed by atoms with van der Waals surface area (Å²) in [5.74, 6) is 0.865. The minimum absolute atomic E-state index is 0.170. The van der Waals surface area contributed by atoms with Crippen molar-refractivity contribution in [1.82, 2.24) is 0 Å². The number of aryl methyl sites for hydroxylation is 6. The Balaban J connectivity index is 0.000000164. The Morgan fingerprint density at radius 1 is 0.304 bits per heavy atom. The Kier molecular flexibility index (Phi) is 7.68. The van der Waals surface area contributed by atoms with Gasteiger partial charge in [-0.15, -0.1) is 0 Å². The average molecular weight is 595 g/mol. The maximum Gasteiger partial charge on any atom is 0.193 e. The lowest BCUT2D eigenvalue weighted by molar-refractivity contribution is 0.103. The summed E-state index contributed by atoms with van der Waals surface area (Å²) in [7, 11) is 0. The molecule has 224 valence electrons. The smallest absolute Gasteiger partial charge is 0.193 e. The third kappa shape index (κ3) is 5.20. The predicted octanol–water partition coefficient (Wildman–Crippen LogP) is 9.86. The lowest BCUT2D eigenvalue weighted by atomic mass is 9.71. The molecule has 0 aromatic heterocycles. The zero-order valence-electron chi connectivity index (χ0n) is 26.2. The Labute approximate surface area is 272 Å². The molecule has 3 aliphatic rings. The van der Waals surface area contributed by atoms with Crippen molar-refractivity contribution in [1.29, 1.82) is 0 Å². The summed E-state index contributed by atoms with van der Waals surface area (Å²) in [4.78, 5) is 12.3. The van der Waals surface area contributed by atoms with Crippen LogP contribution in [0.2, 0.25) is 0 Å². The number of carbonyl (C=O) groups is 1. The molecule has 0 spiro atoms. The Morgan fingerprint density at radius 3 is 0.870 bits per heavy atom. The molecule has 6 aromatic carbocycles. The van der Waals surface area contributed by atoms with Crippen molar-refractivity contribution in [2.24, 2.45) is 0 Å². The monoisotopic (exact) mass is 594 g/mol. The van der Waals surface area contributed by atoms with Gasteiger partial charge in [-0.05, 0) is 94.2 Å². The number of carbonyl (C=O) groups excluding carboxylic acids is 1. The first-order valence-corrected chi connectivity index (χ1v) is 16.8. The molecule has 1 nitrogen and oxygen atoms in total. The fourth-order valence-corrected chi connectivity index (χ4v) is 8.19. The highest BCUT2D eigenvalue weighted by Gasteiger charge is 2.35. The molecule has 0 fully saturated rings. The molecule has 0 atom stereocenters. The van der Waals surface area contributed by atoms with E-state index in [9.17, 15) is 4.79 Å². The Morgan fingerprint density at radius 2 is 0.543 bits per heavy atom. The maximum atomic E-state index is 12.3. The molecule has 0 N–H and O–H groups in total. The molecule has 0 amide bonds. The number of rotatable bonds is 1. The van der Waals surface area contributed by atoms with Crippen molar-refractivity contribution in [3.63, 3.8) is 0 Å². The van der Waals surface area contributed by atoms with Gasteiger partial charge in [-0.2, -0.15) is 0 Å². The third-order valence-corrected chi connectivity index (χ3v) is 10.4. The van der Waals surface area contributed by atoms with Crippen LogP contribution in [0.3, 0.4) is 0 Å². The predicted molar refractivity (Wildman–Crippen MR) is 188 cm³/mol. The van der Waals surface area contributed by atoms with Gasteiger partial charge in [0, 0.05) is 23.0 Å². The van der Waals surface area contributed by atoms with Crippen molar-refractivity contribution in [3.05, 3.63) is 212 Å². The molecule has 3 aliphatic carbocycles. The fourth-order valence-electron chi connectivity index (χ4n) is 8.19. The molecule has 0 radical (unpaired) electrons. The second-order valence-corrected chi connectivity index (χ2v) is 12.9. The number of benzene rings is 6. The number of ketones is 1. The van der Waals surface area contributed by atoms with Gasteiger partial charge < -0.3 is 0 Å². The normalized spacial score (nSPS) is 15.2. The van der Waals surface area contributed by atoms with E-state index in [1.54, 1.807) is 0 Å². The minimum Gasteiger partial charge on any atom is -0.289 e. The van der Waals surface area contributed by atoms with E-state index in [1.165, 1.54) is 55.6 Å². The highest BCUT2D eigenvalue weighted by atomic mass is 16.1. The van der Waals surface area contributed by atoms with Crippen LogP contribution in [0.4, 0.5) is 0 Å². The van der Waals surface area contributed by atoms with E-state index in [0.29, 0.717) is 11.8 Å². The van der Waals surface area contributed by atoms with E-state index in [4.69, 9.17) is 0 Å². The van der Waals surface area contributed by atoms with E-state index in [2.05, 4.69) is 109 Å². The van der Waals surface area contributed by atoms with Crippen molar-refractivity contribution in [2.45, 2.75) is 50.4 Å². The summed E-state index contributed by atoms with van der Waals surface area (Å²) < 4.78 is 0. The summed E-state index contributed by atoms with van der Waals surface area (Å²) in [6.07, 6.45) is 6.41. The van der Waals surface area contributed by atoms with E-state index >= 15 is 0 Å². The van der Waals surface area contributed by atoms with Gasteiger partial charge in [-0.25, -0.2) is 0 Å². The summed E-state index contributed by atoms with van der Waals surface area (Å²) in [5, 5.41) is 0. The molecule has 46 heavy (non-hydrogen) atoms. The molecule has 0 heterocycles. The summed E-state index contributed by atoms with van der Waals surface area (Å²) >= 11 is 0. The van der Waals surface area contributed by atoms with Crippen molar-refractivity contribution < 1.29 is 4.79 Å². The maximum absolute atomic E-state index is 12.3. The molecular weight excluding hydrogens is 556 g/mol. The molecule has 0 unspecified atom stereocenters. The van der Waals surface area contributed by atoms with Gasteiger partial charge in [0.15, 0.2) is 5.78 Å². The van der Waals surface area contributed by atoms with Gasteiger partial charge in [-0.3, -0.25) is 4.79 Å². The van der Waals surface area contributed by atoms with Crippen molar-refractivity contribution in [2.75, 3.05) is 0 Å². The Bertz CT molecular complexity index is 1810.